The molecule has 1 aliphatic heterocycles. The summed E-state index contributed by atoms with van der Waals surface area (Å²) in [7, 11) is 0. The number of halogens is 1. The first-order valence-corrected chi connectivity index (χ1v) is 6.83. The molecule has 2 aromatic heterocycles. The fourth-order valence-electron chi connectivity index (χ4n) is 2.57. The van der Waals surface area contributed by atoms with Crippen LogP contribution < -0.4 is 4.90 Å². The Morgan fingerprint density at radius 1 is 1.39 bits per heavy atom. The van der Waals surface area contributed by atoms with E-state index in [-0.39, 0.29) is 0 Å². The number of hydrogen-bond acceptors (Lipinski definition) is 4. The Morgan fingerprint density at radius 2 is 2.28 bits per heavy atom. The summed E-state index contributed by atoms with van der Waals surface area (Å²) in [5, 5.41) is 8.34. The van der Waals surface area contributed by atoms with E-state index in [1.807, 2.05) is 17.5 Å². The Kier molecular flexibility index (Phi) is 3.07. The van der Waals surface area contributed by atoms with Gasteiger partial charge in [-0.1, -0.05) is 0 Å². The summed E-state index contributed by atoms with van der Waals surface area (Å²) >= 11 is 6.07. The molecule has 18 heavy (non-hydrogen) atoms. The Morgan fingerprint density at radius 3 is 3.11 bits per heavy atom. The lowest BCUT2D eigenvalue weighted by molar-refractivity contribution is 0.485. The molecule has 2 aromatic rings. The average Bonchev–Trinajstić information content (AvgIpc) is 2.81. The van der Waals surface area contributed by atoms with Gasteiger partial charge in [0.25, 0.3) is 0 Å². The second-order valence-electron chi connectivity index (χ2n) is 4.69. The van der Waals surface area contributed by atoms with Crippen molar-refractivity contribution in [2.75, 3.05) is 17.3 Å². The average molecular weight is 266 g/mol. The van der Waals surface area contributed by atoms with Crippen LogP contribution in [0.2, 0.25) is 0 Å². The van der Waals surface area contributed by atoms with E-state index in [2.05, 4.69) is 20.1 Å². The largest absolute Gasteiger partial charge is 0.349 e. The fourth-order valence-corrected chi connectivity index (χ4v) is 2.89. The number of fused-ring (bicyclic) bond motifs is 1. The smallest absolute Gasteiger partial charge is 0.203 e. The maximum absolute atomic E-state index is 6.07. The van der Waals surface area contributed by atoms with Gasteiger partial charge in [-0.05, 0) is 26.2 Å². The third-order valence-corrected chi connectivity index (χ3v) is 3.91. The molecule has 1 aliphatic rings. The lowest BCUT2D eigenvalue weighted by Crippen LogP contribution is -2.41. The normalized spacial score (nSPS) is 20.6. The van der Waals surface area contributed by atoms with E-state index in [9.17, 15) is 0 Å². The molecule has 0 bridgehead atoms. The molecule has 5 nitrogen and oxygen atoms in total. The van der Waals surface area contributed by atoms with Gasteiger partial charge in [0.2, 0.25) is 5.65 Å². The van der Waals surface area contributed by atoms with Gasteiger partial charge in [-0.3, -0.25) is 4.40 Å². The summed E-state index contributed by atoms with van der Waals surface area (Å²) in [6.07, 6.45) is 7.25. The Bertz CT molecular complexity index is 552. The van der Waals surface area contributed by atoms with E-state index >= 15 is 0 Å². The zero-order valence-corrected chi connectivity index (χ0v) is 11.1. The predicted octanol–water partition coefficient (Wildman–Crippen LogP) is 2.03. The first-order chi connectivity index (χ1) is 8.81. The SMILES string of the molecule is Cc1nnc2c(N3CCCCC3CCl)nccn12. The van der Waals surface area contributed by atoms with Gasteiger partial charge in [0.1, 0.15) is 5.82 Å². The molecule has 96 valence electrons. The van der Waals surface area contributed by atoms with Crippen molar-refractivity contribution in [3.8, 4) is 0 Å². The fraction of sp³-hybridized carbons (Fsp3) is 0.583. The van der Waals surface area contributed by atoms with Gasteiger partial charge in [-0.15, -0.1) is 21.8 Å². The molecule has 1 saturated heterocycles. The van der Waals surface area contributed by atoms with E-state index < -0.39 is 0 Å². The topological polar surface area (TPSA) is 46.3 Å². The Balaban J connectivity index is 2.07. The maximum atomic E-state index is 6.07. The molecule has 0 aromatic carbocycles. The minimum Gasteiger partial charge on any atom is -0.349 e. The number of hydrogen-bond donors (Lipinski definition) is 0. The highest BCUT2D eigenvalue weighted by Crippen LogP contribution is 2.26. The van der Waals surface area contributed by atoms with Crippen LogP contribution in [0.4, 0.5) is 5.82 Å². The third-order valence-electron chi connectivity index (χ3n) is 3.56. The van der Waals surface area contributed by atoms with Crippen LogP contribution in [0.1, 0.15) is 25.1 Å². The summed E-state index contributed by atoms with van der Waals surface area (Å²) in [6.45, 7) is 2.94. The molecular formula is C12H16ClN5. The van der Waals surface area contributed by atoms with Gasteiger partial charge in [0.05, 0.1) is 0 Å². The molecule has 0 amide bonds. The quantitative estimate of drug-likeness (QED) is 0.780. The van der Waals surface area contributed by atoms with Gasteiger partial charge in [-0.2, -0.15) is 0 Å². The number of aryl methyl sites for hydroxylation is 1. The molecule has 3 heterocycles. The van der Waals surface area contributed by atoms with E-state index in [0.29, 0.717) is 11.9 Å². The second-order valence-corrected chi connectivity index (χ2v) is 5.00. The van der Waals surface area contributed by atoms with Gasteiger partial charge in [0, 0.05) is 30.9 Å². The maximum Gasteiger partial charge on any atom is 0.203 e. The highest BCUT2D eigenvalue weighted by Gasteiger charge is 2.25. The molecule has 3 rings (SSSR count). The summed E-state index contributed by atoms with van der Waals surface area (Å²) in [6, 6.07) is 0.358. The van der Waals surface area contributed by atoms with Crippen LogP contribution in [0.25, 0.3) is 5.65 Å². The molecule has 0 spiro atoms. The number of alkyl halides is 1. The summed E-state index contributed by atoms with van der Waals surface area (Å²) in [5.74, 6) is 2.42. The van der Waals surface area contributed by atoms with Crippen LogP contribution in [0, 0.1) is 6.92 Å². The van der Waals surface area contributed by atoms with Crippen molar-refractivity contribution in [1.82, 2.24) is 19.6 Å². The van der Waals surface area contributed by atoms with E-state index in [0.717, 1.165) is 30.3 Å². The predicted molar refractivity (Wildman–Crippen MR) is 71.2 cm³/mol. The zero-order chi connectivity index (χ0) is 12.5. The van der Waals surface area contributed by atoms with Gasteiger partial charge in [-0.25, -0.2) is 4.98 Å². The molecule has 1 atom stereocenters. The standard InChI is InChI=1S/C12H16ClN5/c1-9-15-16-12-11(14-5-7-17(9)12)18-6-3-2-4-10(18)8-13/h5,7,10H,2-4,6,8H2,1H3. The van der Waals surface area contributed by atoms with Crippen LogP contribution in [-0.2, 0) is 0 Å². The van der Waals surface area contributed by atoms with Crippen molar-refractivity contribution < 1.29 is 0 Å². The molecular weight excluding hydrogens is 250 g/mol. The van der Waals surface area contributed by atoms with Crippen molar-refractivity contribution in [2.24, 2.45) is 0 Å². The number of rotatable bonds is 2. The molecule has 0 radical (unpaired) electrons. The van der Waals surface area contributed by atoms with Crippen LogP contribution in [0.5, 0.6) is 0 Å². The van der Waals surface area contributed by atoms with Crippen LogP contribution >= 0.6 is 11.6 Å². The van der Waals surface area contributed by atoms with Gasteiger partial charge in [0.15, 0.2) is 5.82 Å². The number of anilines is 1. The highest BCUT2D eigenvalue weighted by molar-refractivity contribution is 6.18. The summed E-state index contributed by atoms with van der Waals surface area (Å²) in [4.78, 5) is 6.76. The van der Waals surface area contributed by atoms with Crippen LogP contribution in [0.3, 0.4) is 0 Å². The highest BCUT2D eigenvalue weighted by atomic mass is 35.5. The minimum atomic E-state index is 0.358. The third kappa shape index (κ3) is 1.82. The molecule has 0 saturated carbocycles. The lowest BCUT2D eigenvalue weighted by Gasteiger charge is -2.35. The van der Waals surface area contributed by atoms with Crippen molar-refractivity contribution in [1.29, 1.82) is 0 Å². The number of nitrogens with zero attached hydrogens (tertiary/aromatic N) is 5. The Hall–Kier alpha value is -1.36. The number of aromatic nitrogens is 4. The second kappa shape index (κ2) is 4.72. The number of piperidine rings is 1. The van der Waals surface area contributed by atoms with Crippen LogP contribution in [-0.4, -0.2) is 38.0 Å². The van der Waals surface area contributed by atoms with Gasteiger partial charge < -0.3 is 4.90 Å². The van der Waals surface area contributed by atoms with E-state index in [1.54, 1.807) is 6.20 Å². The van der Waals surface area contributed by atoms with Crippen molar-refractivity contribution >= 4 is 23.1 Å². The monoisotopic (exact) mass is 265 g/mol. The van der Waals surface area contributed by atoms with Crippen LogP contribution in [0.15, 0.2) is 12.4 Å². The Labute approximate surface area is 111 Å². The zero-order valence-electron chi connectivity index (χ0n) is 10.4. The summed E-state index contributed by atoms with van der Waals surface area (Å²) < 4.78 is 1.97. The van der Waals surface area contributed by atoms with E-state index in [4.69, 9.17) is 11.6 Å². The van der Waals surface area contributed by atoms with Crippen molar-refractivity contribution in [2.45, 2.75) is 32.2 Å². The van der Waals surface area contributed by atoms with Crippen molar-refractivity contribution in [3.63, 3.8) is 0 Å². The molecule has 1 fully saturated rings. The van der Waals surface area contributed by atoms with Gasteiger partial charge >= 0.3 is 0 Å². The minimum absolute atomic E-state index is 0.358. The first kappa shape index (κ1) is 11.7. The summed E-state index contributed by atoms with van der Waals surface area (Å²) in [5.41, 5.74) is 0.826. The van der Waals surface area contributed by atoms with Crippen molar-refractivity contribution in [3.05, 3.63) is 18.2 Å². The molecule has 0 aliphatic carbocycles. The molecule has 6 heteroatoms. The first-order valence-electron chi connectivity index (χ1n) is 6.30. The lowest BCUT2D eigenvalue weighted by atomic mass is 10.0. The van der Waals surface area contributed by atoms with E-state index in [1.165, 1.54) is 12.8 Å². The molecule has 0 N–H and O–H groups in total. The molecule has 1 unspecified atom stereocenters.